The van der Waals surface area contributed by atoms with Crippen molar-refractivity contribution in [3.8, 4) is 11.5 Å². The zero-order valence-electron chi connectivity index (χ0n) is 24.3. The quantitative estimate of drug-likeness (QED) is 0.220. The van der Waals surface area contributed by atoms with Crippen LogP contribution in [0.25, 0.3) is 10.9 Å². The first-order valence-electron chi connectivity index (χ1n) is 14.0. The van der Waals surface area contributed by atoms with Gasteiger partial charge in [-0.2, -0.15) is 0 Å². The summed E-state index contributed by atoms with van der Waals surface area (Å²) in [5.41, 5.74) is 4.40. The molecule has 1 N–H and O–H groups in total. The number of aryl methyl sites for hydroxylation is 1. The van der Waals surface area contributed by atoms with Crippen LogP contribution < -0.4 is 15.0 Å². The van der Waals surface area contributed by atoms with Crippen LogP contribution in [-0.4, -0.2) is 50.9 Å². The molecule has 2 aromatic heterocycles. The predicted molar refractivity (Wildman–Crippen MR) is 159 cm³/mol. The van der Waals surface area contributed by atoms with Gasteiger partial charge in [-0.05, 0) is 88.7 Å². The molecule has 0 saturated heterocycles. The molecule has 5 rings (SSSR count). The van der Waals surface area contributed by atoms with E-state index in [1.807, 2.05) is 49.4 Å². The molecule has 9 nitrogen and oxygen atoms in total. The minimum Gasteiger partial charge on any atom is -0.493 e. The molecular weight excluding hydrogens is 535 g/mol. The first kappa shape index (κ1) is 28.9. The van der Waals surface area contributed by atoms with Crippen molar-refractivity contribution in [3.63, 3.8) is 0 Å². The molecule has 218 valence electrons. The van der Waals surface area contributed by atoms with E-state index in [1.165, 1.54) is 12.1 Å². The fourth-order valence-corrected chi connectivity index (χ4v) is 5.28. The Bertz CT molecular complexity index is 1720. The van der Waals surface area contributed by atoms with Crippen LogP contribution in [0, 0.1) is 12.7 Å². The normalized spacial score (nSPS) is 12.1. The number of halogens is 1. The van der Waals surface area contributed by atoms with E-state index in [0.717, 1.165) is 27.6 Å². The Balaban J connectivity index is 1.48. The minimum absolute atomic E-state index is 0.120. The first-order valence-corrected chi connectivity index (χ1v) is 14.0. The molecule has 0 fully saturated rings. The largest absolute Gasteiger partial charge is 0.493 e. The third-order valence-electron chi connectivity index (χ3n) is 7.52. The van der Waals surface area contributed by atoms with Gasteiger partial charge in [-0.15, -0.1) is 5.10 Å². The SMILES string of the molecule is CCC(c1nnnn1Cc1ccc(F)cc1)N(CCc1ccc(OC)c(OC)c1)Cc1cc2ccc(C)cc2[nH]c1=O. The highest BCUT2D eigenvalue weighted by Crippen LogP contribution is 2.29. The summed E-state index contributed by atoms with van der Waals surface area (Å²) in [5, 5.41) is 13.6. The highest BCUT2D eigenvalue weighted by atomic mass is 19.1. The van der Waals surface area contributed by atoms with Gasteiger partial charge in [0.25, 0.3) is 5.56 Å². The van der Waals surface area contributed by atoms with Crippen LogP contribution in [0.2, 0.25) is 0 Å². The molecule has 0 radical (unpaired) electrons. The lowest BCUT2D eigenvalue weighted by Gasteiger charge is -2.30. The zero-order chi connectivity index (χ0) is 29.6. The van der Waals surface area contributed by atoms with Gasteiger partial charge in [-0.3, -0.25) is 9.69 Å². The molecule has 1 unspecified atom stereocenters. The van der Waals surface area contributed by atoms with Crippen molar-refractivity contribution in [2.75, 3.05) is 20.8 Å². The van der Waals surface area contributed by atoms with Crippen molar-refractivity contribution >= 4 is 10.9 Å². The Kier molecular flexibility index (Phi) is 8.92. The van der Waals surface area contributed by atoms with Crippen LogP contribution in [0.15, 0.2) is 71.5 Å². The standard InChI is InChI=1S/C32H35FN6O3/c1-5-28(31-35-36-37-39(31)19-23-7-11-26(33)12-8-23)38(15-14-22-9-13-29(41-3)30(17-22)42-4)20-25-18-24-10-6-21(2)16-27(24)34-32(25)40/h6-13,16-18,28H,5,14-15,19-20H2,1-4H3,(H,34,40). The fraction of sp³-hybridized carbons (Fsp3) is 0.312. The molecule has 3 aromatic carbocycles. The van der Waals surface area contributed by atoms with Crippen LogP contribution in [0.4, 0.5) is 4.39 Å². The molecule has 0 spiro atoms. The summed E-state index contributed by atoms with van der Waals surface area (Å²) in [7, 11) is 3.24. The third kappa shape index (κ3) is 6.49. The topological polar surface area (TPSA) is 98.2 Å². The summed E-state index contributed by atoms with van der Waals surface area (Å²) in [4.78, 5) is 18.6. The first-order chi connectivity index (χ1) is 20.4. The smallest absolute Gasteiger partial charge is 0.252 e. The van der Waals surface area contributed by atoms with E-state index in [2.05, 4.69) is 32.3 Å². The summed E-state index contributed by atoms with van der Waals surface area (Å²) in [5.74, 6) is 1.72. The zero-order valence-corrected chi connectivity index (χ0v) is 24.3. The molecule has 0 aliphatic heterocycles. The summed E-state index contributed by atoms with van der Waals surface area (Å²) >= 11 is 0. The Morgan fingerprint density at radius 2 is 1.74 bits per heavy atom. The van der Waals surface area contributed by atoms with Gasteiger partial charge in [0.2, 0.25) is 0 Å². The summed E-state index contributed by atoms with van der Waals surface area (Å²) in [6.45, 7) is 5.51. The fourth-order valence-electron chi connectivity index (χ4n) is 5.28. The number of ether oxygens (including phenoxy) is 2. The second-order valence-electron chi connectivity index (χ2n) is 10.4. The van der Waals surface area contributed by atoms with E-state index in [0.29, 0.717) is 55.4 Å². The number of hydrogen-bond acceptors (Lipinski definition) is 7. The number of aromatic nitrogens is 5. The molecule has 42 heavy (non-hydrogen) atoms. The molecule has 0 saturated carbocycles. The van der Waals surface area contributed by atoms with Gasteiger partial charge in [0.1, 0.15) is 5.82 Å². The van der Waals surface area contributed by atoms with Crippen LogP contribution in [0.3, 0.4) is 0 Å². The Morgan fingerprint density at radius 3 is 2.48 bits per heavy atom. The minimum atomic E-state index is -0.292. The van der Waals surface area contributed by atoms with Gasteiger partial charge >= 0.3 is 0 Å². The number of benzene rings is 3. The monoisotopic (exact) mass is 570 g/mol. The van der Waals surface area contributed by atoms with E-state index >= 15 is 0 Å². The number of H-pyrrole nitrogens is 1. The van der Waals surface area contributed by atoms with Crippen molar-refractivity contribution in [1.29, 1.82) is 0 Å². The van der Waals surface area contributed by atoms with E-state index in [-0.39, 0.29) is 17.4 Å². The van der Waals surface area contributed by atoms with E-state index in [9.17, 15) is 9.18 Å². The molecule has 1 atom stereocenters. The number of rotatable bonds is 12. The lowest BCUT2D eigenvalue weighted by Crippen LogP contribution is -2.34. The number of fused-ring (bicyclic) bond motifs is 1. The maximum absolute atomic E-state index is 13.5. The molecule has 0 aliphatic carbocycles. The van der Waals surface area contributed by atoms with Gasteiger partial charge in [0, 0.05) is 24.2 Å². The van der Waals surface area contributed by atoms with E-state index in [4.69, 9.17) is 9.47 Å². The highest BCUT2D eigenvalue weighted by molar-refractivity contribution is 5.79. The Morgan fingerprint density at radius 1 is 0.976 bits per heavy atom. The molecular formula is C32H35FN6O3. The lowest BCUT2D eigenvalue weighted by molar-refractivity contribution is 0.172. The Hall–Kier alpha value is -4.57. The number of hydrogen-bond donors (Lipinski definition) is 1. The summed E-state index contributed by atoms with van der Waals surface area (Å²) < 4.78 is 26.2. The highest BCUT2D eigenvalue weighted by Gasteiger charge is 2.26. The third-order valence-corrected chi connectivity index (χ3v) is 7.52. The van der Waals surface area contributed by atoms with Crippen molar-refractivity contribution in [3.05, 3.63) is 111 Å². The number of tetrazole rings is 1. The number of methoxy groups -OCH3 is 2. The maximum Gasteiger partial charge on any atom is 0.252 e. The lowest BCUT2D eigenvalue weighted by atomic mass is 10.1. The number of nitrogens with one attached hydrogen (secondary N) is 1. The number of aromatic amines is 1. The van der Waals surface area contributed by atoms with Crippen molar-refractivity contribution in [2.24, 2.45) is 0 Å². The van der Waals surface area contributed by atoms with Gasteiger partial charge in [0.15, 0.2) is 17.3 Å². The van der Waals surface area contributed by atoms with Crippen LogP contribution in [-0.2, 0) is 19.5 Å². The molecule has 2 heterocycles. The Labute approximate surface area is 243 Å². The number of pyridine rings is 1. The van der Waals surface area contributed by atoms with Crippen LogP contribution in [0.5, 0.6) is 11.5 Å². The molecule has 0 bridgehead atoms. The van der Waals surface area contributed by atoms with Crippen molar-refractivity contribution in [2.45, 2.75) is 45.8 Å². The van der Waals surface area contributed by atoms with Crippen molar-refractivity contribution in [1.82, 2.24) is 30.1 Å². The van der Waals surface area contributed by atoms with Gasteiger partial charge < -0.3 is 14.5 Å². The van der Waals surface area contributed by atoms with Gasteiger partial charge in [-0.1, -0.05) is 37.3 Å². The van der Waals surface area contributed by atoms with Crippen LogP contribution >= 0.6 is 0 Å². The maximum atomic E-state index is 13.5. The second kappa shape index (κ2) is 12.9. The van der Waals surface area contributed by atoms with Gasteiger partial charge in [-0.25, -0.2) is 9.07 Å². The predicted octanol–water partition coefficient (Wildman–Crippen LogP) is 5.22. The average molecular weight is 571 g/mol. The number of nitrogens with zero attached hydrogens (tertiary/aromatic N) is 5. The van der Waals surface area contributed by atoms with E-state index < -0.39 is 0 Å². The van der Waals surface area contributed by atoms with Crippen molar-refractivity contribution < 1.29 is 13.9 Å². The average Bonchev–Trinajstić information content (AvgIpc) is 3.45. The molecule has 0 aliphatic rings. The van der Waals surface area contributed by atoms with E-state index in [1.54, 1.807) is 31.0 Å². The van der Waals surface area contributed by atoms with Gasteiger partial charge in [0.05, 0.1) is 26.8 Å². The molecule has 5 aromatic rings. The molecule has 0 amide bonds. The van der Waals surface area contributed by atoms with Crippen LogP contribution in [0.1, 0.15) is 47.5 Å². The molecule has 10 heteroatoms. The second-order valence-corrected chi connectivity index (χ2v) is 10.4. The summed E-state index contributed by atoms with van der Waals surface area (Å²) in [6.07, 6.45) is 1.40. The summed E-state index contributed by atoms with van der Waals surface area (Å²) in [6, 6.07) is 20.0.